The summed E-state index contributed by atoms with van der Waals surface area (Å²) < 4.78 is 0. The SMILES string of the molecule is CC[C@@H](C(=O)NC1CCCCC1)N(Cc1ccccc1Cl)C(=O)CCCN1C(=O)c2ccccc2C1=O. The van der Waals surface area contributed by atoms with E-state index in [1.807, 2.05) is 25.1 Å². The molecule has 0 aromatic heterocycles. The molecule has 196 valence electrons. The number of amides is 4. The number of fused-ring (bicyclic) bond motifs is 1. The second-order valence-electron chi connectivity index (χ2n) is 9.79. The third-order valence-corrected chi connectivity index (χ3v) is 7.66. The fourth-order valence-corrected chi connectivity index (χ4v) is 5.44. The normalized spacial score (nSPS) is 16.4. The Morgan fingerprint density at radius 3 is 2.24 bits per heavy atom. The van der Waals surface area contributed by atoms with Gasteiger partial charge in [-0.05, 0) is 49.4 Å². The van der Waals surface area contributed by atoms with Crippen molar-refractivity contribution in [2.45, 2.75) is 76.9 Å². The molecule has 1 aliphatic heterocycles. The van der Waals surface area contributed by atoms with Gasteiger partial charge in [-0.3, -0.25) is 24.1 Å². The molecule has 1 fully saturated rings. The van der Waals surface area contributed by atoms with Crippen molar-refractivity contribution in [2.75, 3.05) is 6.54 Å². The van der Waals surface area contributed by atoms with Gasteiger partial charge in [0.25, 0.3) is 11.8 Å². The van der Waals surface area contributed by atoms with Gasteiger partial charge in [0.05, 0.1) is 11.1 Å². The van der Waals surface area contributed by atoms with E-state index >= 15 is 0 Å². The van der Waals surface area contributed by atoms with Crippen LogP contribution in [0.1, 0.15) is 84.6 Å². The average Bonchev–Trinajstić information content (AvgIpc) is 3.15. The van der Waals surface area contributed by atoms with Crippen LogP contribution in [-0.4, -0.2) is 52.1 Å². The number of imide groups is 1. The zero-order chi connectivity index (χ0) is 26.4. The van der Waals surface area contributed by atoms with Gasteiger partial charge in [-0.2, -0.15) is 0 Å². The van der Waals surface area contributed by atoms with Gasteiger partial charge < -0.3 is 10.2 Å². The predicted molar refractivity (Wildman–Crippen MR) is 142 cm³/mol. The molecule has 2 aromatic carbocycles. The summed E-state index contributed by atoms with van der Waals surface area (Å²) in [7, 11) is 0. The molecule has 0 spiro atoms. The number of halogens is 1. The van der Waals surface area contributed by atoms with Crippen molar-refractivity contribution in [3.8, 4) is 0 Å². The third kappa shape index (κ3) is 6.21. The molecule has 2 aliphatic rings. The molecule has 0 unspecified atom stereocenters. The molecule has 8 heteroatoms. The maximum atomic E-state index is 13.5. The zero-order valence-corrected chi connectivity index (χ0v) is 22.0. The fourth-order valence-electron chi connectivity index (χ4n) is 5.25. The highest BCUT2D eigenvalue weighted by Crippen LogP contribution is 2.24. The summed E-state index contributed by atoms with van der Waals surface area (Å²) in [6.45, 7) is 2.25. The van der Waals surface area contributed by atoms with Gasteiger partial charge in [0.1, 0.15) is 6.04 Å². The molecule has 4 amide bonds. The lowest BCUT2D eigenvalue weighted by molar-refractivity contribution is -0.141. The Kier molecular flexibility index (Phi) is 8.98. The quantitative estimate of drug-likeness (QED) is 0.445. The predicted octanol–water partition coefficient (Wildman–Crippen LogP) is 4.97. The molecule has 1 aliphatic carbocycles. The molecule has 2 aromatic rings. The van der Waals surface area contributed by atoms with Crippen LogP contribution in [0.15, 0.2) is 48.5 Å². The van der Waals surface area contributed by atoms with E-state index in [1.54, 1.807) is 35.2 Å². The van der Waals surface area contributed by atoms with Crippen molar-refractivity contribution in [3.63, 3.8) is 0 Å². The van der Waals surface area contributed by atoms with Crippen molar-refractivity contribution in [3.05, 3.63) is 70.2 Å². The summed E-state index contributed by atoms with van der Waals surface area (Å²) in [5.74, 6) is -1.02. The summed E-state index contributed by atoms with van der Waals surface area (Å²) in [6, 6.07) is 13.6. The third-order valence-electron chi connectivity index (χ3n) is 7.29. The summed E-state index contributed by atoms with van der Waals surface area (Å²) in [5, 5.41) is 3.70. The lowest BCUT2D eigenvalue weighted by atomic mass is 9.95. The van der Waals surface area contributed by atoms with E-state index in [9.17, 15) is 19.2 Å². The van der Waals surface area contributed by atoms with Gasteiger partial charge in [-0.1, -0.05) is 68.1 Å². The minimum absolute atomic E-state index is 0.102. The lowest BCUT2D eigenvalue weighted by Gasteiger charge is -2.33. The van der Waals surface area contributed by atoms with Gasteiger partial charge in [0, 0.05) is 30.6 Å². The minimum atomic E-state index is -0.634. The van der Waals surface area contributed by atoms with Gasteiger partial charge in [0.15, 0.2) is 0 Å². The first-order valence-electron chi connectivity index (χ1n) is 13.2. The molecule has 4 rings (SSSR count). The van der Waals surface area contributed by atoms with Crippen molar-refractivity contribution in [1.29, 1.82) is 0 Å². The first kappa shape index (κ1) is 26.9. The molecular formula is C29H34ClN3O4. The molecule has 0 saturated heterocycles. The summed E-state index contributed by atoms with van der Waals surface area (Å²) in [4.78, 5) is 55.0. The highest BCUT2D eigenvalue weighted by molar-refractivity contribution is 6.31. The maximum absolute atomic E-state index is 13.5. The Balaban J connectivity index is 1.45. The molecule has 37 heavy (non-hydrogen) atoms. The summed E-state index contributed by atoms with van der Waals surface area (Å²) in [6.07, 6.45) is 6.18. The molecule has 0 radical (unpaired) electrons. The second-order valence-corrected chi connectivity index (χ2v) is 10.2. The van der Waals surface area contributed by atoms with E-state index in [0.29, 0.717) is 29.0 Å². The number of nitrogens with one attached hydrogen (secondary N) is 1. The van der Waals surface area contributed by atoms with Crippen LogP contribution in [-0.2, 0) is 16.1 Å². The van der Waals surface area contributed by atoms with Crippen molar-refractivity contribution < 1.29 is 19.2 Å². The topological polar surface area (TPSA) is 86.8 Å². The Bertz CT molecular complexity index is 1130. The van der Waals surface area contributed by atoms with Gasteiger partial charge in [-0.15, -0.1) is 0 Å². The number of carbonyl (C=O) groups excluding carboxylic acids is 4. The fraction of sp³-hybridized carbons (Fsp3) is 0.448. The molecule has 1 saturated carbocycles. The molecule has 1 heterocycles. The molecule has 1 N–H and O–H groups in total. The van der Waals surface area contributed by atoms with E-state index in [2.05, 4.69) is 5.32 Å². The van der Waals surface area contributed by atoms with E-state index in [4.69, 9.17) is 11.6 Å². The standard InChI is InChI=1S/C29H34ClN3O4/c1-2-25(27(35)31-21-12-4-3-5-13-21)33(19-20-11-6-9-16-24(20)30)26(34)17-10-18-32-28(36)22-14-7-8-15-23(22)29(32)37/h6-9,11,14-16,21,25H,2-5,10,12-13,17-19H2,1H3,(H,31,35)/t25-/m0/s1. The zero-order valence-electron chi connectivity index (χ0n) is 21.2. The Morgan fingerprint density at radius 2 is 1.62 bits per heavy atom. The van der Waals surface area contributed by atoms with E-state index in [-0.39, 0.29) is 49.2 Å². The van der Waals surface area contributed by atoms with Gasteiger partial charge in [-0.25, -0.2) is 0 Å². The number of hydrogen-bond donors (Lipinski definition) is 1. The maximum Gasteiger partial charge on any atom is 0.261 e. The van der Waals surface area contributed by atoms with Crippen LogP contribution in [0.5, 0.6) is 0 Å². The highest BCUT2D eigenvalue weighted by Gasteiger charge is 2.35. The van der Waals surface area contributed by atoms with E-state index < -0.39 is 6.04 Å². The van der Waals surface area contributed by atoms with Crippen LogP contribution in [0.25, 0.3) is 0 Å². The first-order chi connectivity index (χ1) is 17.9. The van der Waals surface area contributed by atoms with Crippen LogP contribution in [0.2, 0.25) is 5.02 Å². The Hall–Kier alpha value is -3.19. The summed E-state index contributed by atoms with van der Waals surface area (Å²) in [5.41, 5.74) is 1.55. The first-order valence-corrected chi connectivity index (χ1v) is 13.6. The molecule has 1 atom stereocenters. The average molecular weight is 524 g/mol. The number of carbonyl (C=O) groups is 4. The van der Waals surface area contributed by atoms with Crippen molar-refractivity contribution in [2.24, 2.45) is 0 Å². The Labute approximate surface area is 223 Å². The van der Waals surface area contributed by atoms with E-state index in [0.717, 1.165) is 31.2 Å². The second kappa shape index (κ2) is 12.4. The molecule has 7 nitrogen and oxygen atoms in total. The Morgan fingerprint density at radius 1 is 1.00 bits per heavy atom. The monoisotopic (exact) mass is 523 g/mol. The van der Waals surface area contributed by atoms with Crippen LogP contribution >= 0.6 is 11.6 Å². The van der Waals surface area contributed by atoms with Crippen molar-refractivity contribution in [1.82, 2.24) is 15.1 Å². The largest absolute Gasteiger partial charge is 0.352 e. The van der Waals surface area contributed by atoms with Crippen LogP contribution < -0.4 is 5.32 Å². The summed E-state index contributed by atoms with van der Waals surface area (Å²) >= 11 is 6.40. The van der Waals surface area contributed by atoms with Gasteiger partial charge in [0.2, 0.25) is 11.8 Å². The van der Waals surface area contributed by atoms with Crippen LogP contribution in [0.3, 0.4) is 0 Å². The number of hydrogen-bond acceptors (Lipinski definition) is 4. The van der Waals surface area contributed by atoms with E-state index in [1.165, 1.54) is 11.3 Å². The lowest BCUT2D eigenvalue weighted by Crippen LogP contribution is -2.51. The number of nitrogens with zero attached hydrogens (tertiary/aromatic N) is 2. The van der Waals surface area contributed by atoms with Gasteiger partial charge >= 0.3 is 0 Å². The number of rotatable bonds is 10. The molecular weight excluding hydrogens is 490 g/mol. The van der Waals surface area contributed by atoms with Crippen LogP contribution in [0.4, 0.5) is 0 Å². The number of benzene rings is 2. The molecule has 0 bridgehead atoms. The van der Waals surface area contributed by atoms with Crippen LogP contribution in [0, 0.1) is 0 Å². The highest BCUT2D eigenvalue weighted by atomic mass is 35.5. The minimum Gasteiger partial charge on any atom is -0.352 e. The smallest absolute Gasteiger partial charge is 0.261 e. The van der Waals surface area contributed by atoms with Crippen molar-refractivity contribution >= 4 is 35.2 Å².